The SMILES string of the molecule is NC1(Cc2ccco2)CCC1. The lowest BCUT2D eigenvalue weighted by atomic mass is 9.75. The summed E-state index contributed by atoms with van der Waals surface area (Å²) in [7, 11) is 0. The van der Waals surface area contributed by atoms with Crippen molar-refractivity contribution < 1.29 is 4.42 Å². The Balaban J connectivity index is 2.00. The van der Waals surface area contributed by atoms with Crippen LogP contribution in [0.1, 0.15) is 25.0 Å². The van der Waals surface area contributed by atoms with E-state index in [4.69, 9.17) is 10.2 Å². The third kappa shape index (κ3) is 1.31. The molecule has 60 valence electrons. The first kappa shape index (κ1) is 6.92. The number of nitrogens with two attached hydrogens (primary N) is 1. The van der Waals surface area contributed by atoms with Crippen LogP contribution < -0.4 is 5.73 Å². The van der Waals surface area contributed by atoms with Crippen LogP contribution in [0.2, 0.25) is 0 Å². The second kappa shape index (κ2) is 2.38. The molecule has 1 aromatic heterocycles. The van der Waals surface area contributed by atoms with E-state index >= 15 is 0 Å². The van der Waals surface area contributed by atoms with E-state index in [2.05, 4.69) is 0 Å². The van der Waals surface area contributed by atoms with Gasteiger partial charge in [-0.25, -0.2) is 0 Å². The van der Waals surface area contributed by atoms with Gasteiger partial charge in [0.15, 0.2) is 0 Å². The summed E-state index contributed by atoms with van der Waals surface area (Å²) in [6.07, 6.45) is 6.18. The van der Waals surface area contributed by atoms with E-state index in [9.17, 15) is 0 Å². The third-order valence-electron chi connectivity index (χ3n) is 2.46. The van der Waals surface area contributed by atoms with Gasteiger partial charge in [0, 0.05) is 12.0 Å². The van der Waals surface area contributed by atoms with Crippen molar-refractivity contribution in [2.24, 2.45) is 5.73 Å². The van der Waals surface area contributed by atoms with Crippen molar-refractivity contribution >= 4 is 0 Å². The molecule has 1 heterocycles. The summed E-state index contributed by atoms with van der Waals surface area (Å²) in [5, 5.41) is 0. The lowest BCUT2D eigenvalue weighted by Crippen LogP contribution is -2.48. The van der Waals surface area contributed by atoms with Crippen LogP contribution >= 0.6 is 0 Å². The summed E-state index contributed by atoms with van der Waals surface area (Å²) in [5.41, 5.74) is 6.09. The van der Waals surface area contributed by atoms with Crippen LogP contribution in [0.4, 0.5) is 0 Å². The predicted molar refractivity (Wildman–Crippen MR) is 43.2 cm³/mol. The Hall–Kier alpha value is -0.760. The van der Waals surface area contributed by atoms with E-state index in [1.54, 1.807) is 6.26 Å². The summed E-state index contributed by atoms with van der Waals surface area (Å²) in [6.45, 7) is 0. The fourth-order valence-corrected chi connectivity index (χ4v) is 1.57. The Morgan fingerprint density at radius 1 is 1.55 bits per heavy atom. The zero-order valence-electron chi connectivity index (χ0n) is 6.55. The van der Waals surface area contributed by atoms with Crippen molar-refractivity contribution in [1.82, 2.24) is 0 Å². The van der Waals surface area contributed by atoms with Gasteiger partial charge >= 0.3 is 0 Å². The second-order valence-electron chi connectivity index (χ2n) is 3.47. The highest BCUT2D eigenvalue weighted by molar-refractivity contribution is 5.07. The molecule has 2 rings (SSSR count). The van der Waals surface area contributed by atoms with Gasteiger partial charge in [-0.3, -0.25) is 0 Å². The zero-order chi connectivity index (χ0) is 7.73. The molecule has 1 saturated carbocycles. The smallest absolute Gasteiger partial charge is 0.105 e. The molecular formula is C9H13NO. The molecule has 1 aromatic rings. The minimum absolute atomic E-state index is 0.0534. The molecule has 0 unspecified atom stereocenters. The molecule has 0 saturated heterocycles. The summed E-state index contributed by atoms with van der Waals surface area (Å²) < 4.78 is 5.23. The standard InChI is InChI=1S/C9H13NO/c10-9(4-2-5-9)7-8-3-1-6-11-8/h1,3,6H,2,4-5,7,10H2. The Bertz CT molecular complexity index is 224. The predicted octanol–water partition coefficient (Wildman–Crippen LogP) is 1.70. The molecule has 1 aliphatic rings. The highest BCUT2D eigenvalue weighted by atomic mass is 16.3. The lowest BCUT2D eigenvalue weighted by molar-refractivity contribution is 0.233. The monoisotopic (exact) mass is 151 g/mol. The first-order valence-corrected chi connectivity index (χ1v) is 4.10. The molecule has 0 amide bonds. The molecule has 2 heteroatoms. The maximum absolute atomic E-state index is 6.03. The summed E-state index contributed by atoms with van der Waals surface area (Å²) >= 11 is 0. The molecule has 0 spiro atoms. The van der Waals surface area contributed by atoms with Crippen molar-refractivity contribution in [1.29, 1.82) is 0 Å². The van der Waals surface area contributed by atoms with E-state index in [1.807, 2.05) is 12.1 Å². The molecule has 2 N–H and O–H groups in total. The van der Waals surface area contributed by atoms with E-state index in [1.165, 1.54) is 6.42 Å². The number of furan rings is 1. The Labute approximate surface area is 66.4 Å². The van der Waals surface area contributed by atoms with Gasteiger partial charge in [0.25, 0.3) is 0 Å². The summed E-state index contributed by atoms with van der Waals surface area (Å²) in [5.74, 6) is 1.02. The molecule has 0 aromatic carbocycles. The first-order valence-electron chi connectivity index (χ1n) is 4.10. The van der Waals surface area contributed by atoms with Crippen LogP contribution in [0.3, 0.4) is 0 Å². The van der Waals surface area contributed by atoms with Gasteiger partial charge in [0.05, 0.1) is 6.26 Å². The molecule has 0 aliphatic heterocycles. The van der Waals surface area contributed by atoms with Crippen LogP contribution in [-0.2, 0) is 6.42 Å². The van der Waals surface area contributed by atoms with Crippen molar-refractivity contribution in [3.05, 3.63) is 24.2 Å². The lowest BCUT2D eigenvalue weighted by Gasteiger charge is -2.37. The first-order chi connectivity index (χ1) is 5.29. The molecule has 0 radical (unpaired) electrons. The minimum atomic E-state index is 0.0534. The van der Waals surface area contributed by atoms with E-state index < -0.39 is 0 Å². The average molecular weight is 151 g/mol. The highest BCUT2D eigenvalue weighted by Gasteiger charge is 2.33. The Morgan fingerprint density at radius 3 is 2.82 bits per heavy atom. The summed E-state index contributed by atoms with van der Waals surface area (Å²) in [4.78, 5) is 0. The van der Waals surface area contributed by atoms with Crippen LogP contribution in [0.5, 0.6) is 0 Å². The average Bonchev–Trinajstić information content (AvgIpc) is 2.36. The molecule has 11 heavy (non-hydrogen) atoms. The van der Waals surface area contributed by atoms with Gasteiger partial charge in [-0.1, -0.05) is 0 Å². The molecule has 1 fully saturated rings. The molecular weight excluding hydrogens is 138 g/mol. The van der Waals surface area contributed by atoms with Gasteiger partial charge in [-0.05, 0) is 31.4 Å². The van der Waals surface area contributed by atoms with Crippen LogP contribution in [-0.4, -0.2) is 5.54 Å². The second-order valence-corrected chi connectivity index (χ2v) is 3.47. The van der Waals surface area contributed by atoms with E-state index in [0.29, 0.717) is 0 Å². The van der Waals surface area contributed by atoms with Gasteiger partial charge in [-0.2, -0.15) is 0 Å². The third-order valence-corrected chi connectivity index (χ3v) is 2.46. The maximum Gasteiger partial charge on any atom is 0.105 e. The van der Waals surface area contributed by atoms with E-state index in [0.717, 1.165) is 25.0 Å². The summed E-state index contributed by atoms with van der Waals surface area (Å²) in [6, 6.07) is 3.91. The zero-order valence-corrected chi connectivity index (χ0v) is 6.55. The van der Waals surface area contributed by atoms with Crippen LogP contribution in [0, 0.1) is 0 Å². The van der Waals surface area contributed by atoms with Crippen molar-refractivity contribution in [3.63, 3.8) is 0 Å². The van der Waals surface area contributed by atoms with Crippen molar-refractivity contribution in [2.45, 2.75) is 31.2 Å². The molecule has 2 nitrogen and oxygen atoms in total. The van der Waals surface area contributed by atoms with Crippen LogP contribution in [0.25, 0.3) is 0 Å². The van der Waals surface area contributed by atoms with Crippen LogP contribution in [0.15, 0.2) is 22.8 Å². The Morgan fingerprint density at radius 2 is 2.36 bits per heavy atom. The van der Waals surface area contributed by atoms with E-state index in [-0.39, 0.29) is 5.54 Å². The normalized spacial score (nSPS) is 21.2. The molecule has 0 atom stereocenters. The van der Waals surface area contributed by atoms with Gasteiger partial charge < -0.3 is 10.2 Å². The van der Waals surface area contributed by atoms with Gasteiger partial charge in [0.2, 0.25) is 0 Å². The van der Waals surface area contributed by atoms with Crippen molar-refractivity contribution in [2.75, 3.05) is 0 Å². The number of hydrogen-bond acceptors (Lipinski definition) is 2. The maximum atomic E-state index is 6.03. The Kier molecular flexibility index (Phi) is 1.50. The quantitative estimate of drug-likeness (QED) is 0.698. The van der Waals surface area contributed by atoms with Crippen molar-refractivity contribution in [3.8, 4) is 0 Å². The number of hydrogen-bond donors (Lipinski definition) is 1. The largest absolute Gasteiger partial charge is 0.469 e. The topological polar surface area (TPSA) is 39.2 Å². The number of rotatable bonds is 2. The molecule has 0 bridgehead atoms. The fraction of sp³-hybridized carbons (Fsp3) is 0.556. The van der Waals surface area contributed by atoms with Gasteiger partial charge in [-0.15, -0.1) is 0 Å². The fourth-order valence-electron chi connectivity index (χ4n) is 1.57. The van der Waals surface area contributed by atoms with Gasteiger partial charge in [0.1, 0.15) is 5.76 Å². The highest BCUT2D eigenvalue weighted by Crippen LogP contribution is 2.32. The molecule has 1 aliphatic carbocycles. The minimum Gasteiger partial charge on any atom is -0.469 e.